The Morgan fingerprint density at radius 3 is 2.50 bits per heavy atom. The van der Waals surface area contributed by atoms with Crippen LogP contribution in [0.4, 0.5) is 11.4 Å². The van der Waals surface area contributed by atoms with E-state index in [9.17, 15) is 18.5 Å². The van der Waals surface area contributed by atoms with Crippen LogP contribution in [0, 0.1) is 10.1 Å². The summed E-state index contributed by atoms with van der Waals surface area (Å²) >= 11 is 0. The lowest BCUT2D eigenvalue weighted by Crippen LogP contribution is -2.28. The summed E-state index contributed by atoms with van der Waals surface area (Å²) in [5.41, 5.74) is 1.04. The summed E-state index contributed by atoms with van der Waals surface area (Å²) in [7, 11) is -3.57. The highest BCUT2D eigenvalue weighted by Gasteiger charge is 2.15. The molecule has 1 heterocycles. The molecule has 0 fully saturated rings. The van der Waals surface area contributed by atoms with Crippen LogP contribution < -0.4 is 10.0 Å². The van der Waals surface area contributed by atoms with Crippen LogP contribution in [0.5, 0.6) is 0 Å². The molecule has 2 aromatic carbocycles. The normalized spacial score (nSPS) is 11.4. The molecule has 1 aromatic heterocycles. The lowest BCUT2D eigenvalue weighted by molar-refractivity contribution is -0.383. The number of anilines is 1. The molecule has 3 rings (SSSR count). The van der Waals surface area contributed by atoms with Gasteiger partial charge in [-0.15, -0.1) is 0 Å². The van der Waals surface area contributed by atoms with Crippen LogP contribution in [0.2, 0.25) is 0 Å². The first-order chi connectivity index (χ1) is 12.5. The van der Waals surface area contributed by atoms with Crippen LogP contribution in [-0.4, -0.2) is 31.4 Å². The third kappa shape index (κ3) is 3.79. The first-order valence-electron chi connectivity index (χ1n) is 7.80. The lowest BCUT2D eigenvalue weighted by atomic mass is 10.1. The number of nitrogens with zero attached hydrogens (tertiary/aromatic N) is 2. The molecule has 0 aliphatic carbocycles. The van der Waals surface area contributed by atoms with E-state index < -0.39 is 14.9 Å². The van der Waals surface area contributed by atoms with Crippen LogP contribution in [0.1, 0.15) is 0 Å². The first kappa shape index (κ1) is 17.8. The summed E-state index contributed by atoms with van der Waals surface area (Å²) in [5, 5.41) is 14.6. The van der Waals surface area contributed by atoms with Gasteiger partial charge in [0.25, 0.3) is 5.69 Å². The second-order valence-electron chi connectivity index (χ2n) is 5.43. The van der Waals surface area contributed by atoms with E-state index in [1.165, 1.54) is 18.2 Å². The highest BCUT2D eigenvalue weighted by molar-refractivity contribution is 7.89. The van der Waals surface area contributed by atoms with E-state index in [2.05, 4.69) is 15.0 Å². The van der Waals surface area contributed by atoms with Gasteiger partial charge in [0.1, 0.15) is 5.52 Å². The Labute approximate surface area is 150 Å². The molecule has 0 unspecified atom stereocenters. The van der Waals surface area contributed by atoms with Crippen molar-refractivity contribution in [1.29, 1.82) is 0 Å². The molecule has 8 nitrogen and oxygen atoms in total. The number of non-ortho nitro benzene ring substituents is 1. The molecule has 0 bridgehead atoms. The fraction of sp³-hybridized carbons (Fsp3) is 0.118. The Hall–Kier alpha value is -3.04. The van der Waals surface area contributed by atoms with E-state index in [4.69, 9.17) is 0 Å². The van der Waals surface area contributed by atoms with E-state index >= 15 is 0 Å². The van der Waals surface area contributed by atoms with Crippen molar-refractivity contribution in [2.45, 2.75) is 4.90 Å². The highest BCUT2D eigenvalue weighted by Crippen LogP contribution is 2.29. The Kier molecular flexibility index (Phi) is 5.10. The lowest BCUT2D eigenvalue weighted by Gasteiger charge is -2.10. The standard InChI is InChI=1S/C17H16N4O4S/c22-21(23)16-9-8-15(17-14(16)7-4-10-19-17)18-11-12-20-26(24,25)13-5-2-1-3-6-13/h1-10,18,20H,11-12H2. The van der Waals surface area contributed by atoms with Gasteiger partial charge in [0, 0.05) is 25.4 Å². The molecule has 9 heteroatoms. The predicted octanol–water partition coefficient (Wildman–Crippen LogP) is 2.53. The van der Waals surface area contributed by atoms with Crippen LogP contribution in [-0.2, 0) is 10.0 Å². The molecule has 0 atom stereocenters. The molecule has 0 radical (unpaired) electrons. The van der Waals surface area contributed by atoms with Crippen LogP contribution in [0.25, 0.3) is 10.9 Å². The Balaban J connectivity index is 1.69. The molecule has 3 aromatic rings. The quantitative estimate of drug-likeness (QED) is 0.374. The van der Waals surface area contributed by atoms with Crippen molar-refractivity contribution in [3.8, 4) is 0 Å². The highest BCUT2D eigenvalue weighted by atomic mass is 32.2. The molecule has 26 heavy (non-hydrogen) atoms. The molecule has 0 aliphatic rings. The Morgan fingerprint density at radius 1 is 1.00 bits per heavy atom. The summed E-state index contributed by atoms with van der Waals surface area (Å²) in [6, 6.07) is 14.3. The zero-order valence-corrected chi connectivity index (χ0v) is 14.4. The van der Waals surface area contributed by atoms with E-state index in [0.717, 1.165) is 0 Å². The monoisotopic (exact) mass is 372 g/mol. The molecule has 0 aliphatic heterocycles. The van der Waals surface area contributed by atoms with Crippen molar-refractivity contribution in [2.24, 2.45) is 0 Å². The van der Waals surface area contributed by atoms with Gasteiger partial charge in [0.2, 0.25) is 10.0 Å². The minimum Gasteiger partial charge on any atom is -0.382 e. The van der Waals surface area contributed by atoms with Gasteiger partial charge in [-0.2, -0.15) is 0 Å². The number of fused-ring (bicyclic) bond motifs is 1. The molecule has 134 valence electrons. The SMILES string of the molecule is O=[N+]([O-])c1ccc(NCCNS(=O)(=O)c2ccccc2)c2ncccc12. The van der Waals surface area contributed by atoms with Gasteiger partial charge < -0.3 is 5.32 Å². The largest absolute Gasteiger partial charge is 0.382 e. The maximum Gasteiger partial charge on any atom is 0.278 e. The average Bonchev–Trinajstić information content (AvgIpc) is 2.65. The van der Waals surface area contributed by atoms with Crippen molar-refractivity contribution < 1.29 is 13.3 Å². The van der Waals surface area contributed by atoms with Crippen LogP contribution in [0.3, 0.4) is 0 Å². The number of rotatable bonds is 7. The number of pyridine rings is 1. The van der Waals surface area contributed by atoms with Crippen LogP contribution in [0.15, 0.2) is 65.7 Å². The van der Waals surface area contributed by atoms with E-state index in [1.807, 2.05) is 0 Å². The van der Waals surface area contributed by atoms with Gasteiger partial charge in [-0.3, -0.25) is 15.1 Å². The minimum atomic E-state index is -3.57. The summed E-state index contributed by atoms with van der Waals surface area (Å²) in [5.74, 6) is 0. The Morgan fingerprint density at radius 2 is 1.77 bits per heavy atom. The second kappa shape index (κ2) is 7.46. The van der Waals surface area contributed by atoms with Gasteiger partial charge in [0.15, 0.2) is 0 Å². The zero-order valence-electron chi connectivity index (χ0n) is 13.6. The number of nitrogens with one attached hydrogen (secondary N) is 2. The summed E-state index contributed by atoms with van der Waals surface area (Å²) < 4.78 is 26.8. The van der Waals surface area contributed by atoms with Crippen molar-refractivity contribution in [3.05, 3.63) is 70.9 Å². The molecule has 0 saturated carbocycles. The van der Waals surface area contributed by atoms with Crippen molar-refractivity contribution in [2.75, 3.05) is 18.4 Å². The maximum absolute atomic E-state index is 12.1. The predicted molar refractivity (Wildman–Crippen MR) is 98.5 cm³/mol. The molecule has 2 N–H and O–H groups in total. The van der Waals surface area contributed by atoms with Crippen molar-refractivity contribution in [1.82, 2.24) is 9.71 Å². The van der Waals surface area contributed by atoms with Crippen molar-refractivity contribution in [3.63, 3.8) is 0 Å². The number of hydrogen-bond acceptors (Lipinski definition) is 6. The molecule has 0 amide bonds. The van der Waals surface area contributed by atoms with Gasteiger partial charge in [-0.05, 0) is 30.3 Å². The van der Waals surface area contributed by atoms with E-state index in [0.29, 0.717) is 23.1 Å². The minimum absolute atomic E-state index is 0.0246. The third-order valence-corrected chi connectivity index (χ3v) is 5.21. The van der Waals surface area contributed by atoms with Gasteiger partial charge in [-0.25, -0.2) is 13.1 Å². The molecular weight excluding hydrogens is 356 g/mol. The van der Waals surface area contributed by atoms with Crippen molar-refractivity contribution >= 4 is 32.3 Å². The number of hydrogen-bond donors (Lipinski definition) is 2. The fourth-order valence-corrected chi connectivity index (χ4v) is 3.58. The number of benzene rings is 2. The molecule has 0 spiro atoms. The zero-order chi connectivity index (χ0) is 18.6. The maximum atomic E-state index is 12.1. The average molecular weight is 372 g/mol. The number of sulfonamides is 1. The van der Waals surface area contributed by atoms with Gasteiger partial charge in [-0.1, -0.05) is 18.2 Å². The number of nitro groups is 1. The number of nitro benzene ring substituents is 1. The topological polar surface area (TPSA) is 114 Å². The Bertz CT molecular complexity index is 1040. The first-order valence-corrected chi connectivity index (χ1v) is 9.28. The smallest absolute Gasteiger partial charge is 0.278 e. The second-order valence-corrected chi connectivity index (χ2v) is 7.19. The van der Waals surface area contributed by atoms with Crippen LogP contribution >= 0.6 is 0 Å². The number of aromatic nitrogens is 1. The third-order valence-electron chi connectivity index (χ3n) is 3.73. The summed E-state index contributed by atoms with van der Waals surface area (Å²) in [6.45, 7) is 0.456. The van der Waals surface area contributed by atoms with E-state index in [1.54, 1.807) is 42.6 Å². The summed E-state index contributed by atoms with van der Waals surface area (Å²) in [4.78, 5) is 15.0. The molecule has 0 saturated heterocycles. The summed E-state index contributed by atoms with van der Waals surface area (Å²) in [6.07, 6.45) is 1.55. The van der Waals surface area contributed by atoms with E-state index in [-0.39, 0.29) is 17.1 Å². The molecular formula is C17H16N4O4S. The van der Waals surface area contributed by atoms with Gasteiger partial charge >= 0.3 is 0 Å². The fourth-order valence-electron chi connectivity index (χ4n) is 2.53. The van der Waals surface area contributed by atoms with Gasteiger partial charge in [0.05, 0.1) is 20.9 Å².